The van der Waals surface area contributed by atoms with Crippen LogP contribution in [0.25, 0.3) is 0 Å². The second-order valence-corrected chi connectivity index (χ2v) is 33.3. The Balaban J connectivity index is 0.000000720. The first-order chi connectivity index (χ1) is 33.1. The molecule has 0 spiro atoms. The number of carbonyl (C=O) groups is 6. The summed E-state index contributed by atoms with van der Waals surface area (Å²) in [5.74, 6) is -1.72. The molecule has 2 unspecified atom stereocenters. The number of Topliss-reactive ketones (excluding diaryl/α,β-unsaturated/α-hetero) is 1. The van der Waals surface area contributed by atoms with E-state index in [1.54, 1.807) is 45.4 Å². The first-order valence-electron chi connectivity index (χ1n) is 26.2. The quantitative estimate of drug-likeness (QED) is 0.0308. The van der Waals surface area contributed by atoms with Gasteiger partial charge in [-0.25, -0.2) is 0 Å². The molecule has 2 aliphatic rings. The molecular weight excluding hydrogens is 945 g/mol. The zero-order valence-corrected chi connectivity index (χ0v) is 50.0. The molecular formula is C57H98N2O11Si2. The highest BCUT2D eigenvalue weighted by Gasteiger charge is 2.43. The molecule has 410 valence electrons. The maximum absolute atomic E-state index is 12.9. The van der Waals surface area contributed by atoms with Gasteiger partial charge in [-0.05, 0) is 98.8 Å². The number of allylic oxidation sites excluding steroid dienone is 3. The van der Waals surface area contributed by atoms with Gasteiger partial charge in [0.25, 0.3) is 0 Å². The van der Waals surface area contributed by atoms with E-state index in [0.717, 1.165) is 11.1 Å². The second-order valence-electron chi connectivity index (χ2n) is 23.8. The van der Waals surface area contributed by atoms with Crippen LogP contribution in [0, 0.1) is 41.4 Å². The van der Waals surface area contributed by atoms with Crippen LogP contribution in [0.4, 0.5) is 0 Å². The topological polar surface area (TPSA) is 184 Å². The number of aliphatic hydroxyl groups is 1. The monoisotopic (exact) mass is 1040 g/mol. The number of carbonyl (C=O) groups excluding carboxylic acids is 6. The van der Waals surface area contributed by atoms with Gasteiger partial charge in [0.1, 0.15) is 18.0 Å². The van der Waals surface area contributed by atoms with Crippen LogP contribution in [0.2, 0.25) is 36.3 Å². The molecule has 2 rings (SSSR count). The minimum absolute atomic E-state index is 0.0156. The third-order valence-electron chi connectivity index (χ3n) is 15.8. The second kappa shape index (κ2) is 29.6. The molecule has 10 atom stereocenters. The van der Waals surface area contributed by atoms with Gasteiger partial charge in [0, 0.05) is 70.0 Å². The Hall–Kier alpha value is -3.45. The van der Waals surface area contributed by atoms with Crippen molar-refractivity contribution in [1.29, 1.82) is 0 Å². The van der Waals surface area contributed by atoms with Crippen molar-refractivity contribution in [3.63, 3.8) is 0 Å². The van der Waals surface area contributed by atoms with Gasteiger partial charge in [-0.15, -0.1) is 13.2 Å². The largest absolute Gasteiger partial charge is 0.410 e. The van der Waals surface area contributed by atoms with Crippen molar-refractivity contribution in [1.82, 2.24) is 10.6 Å². The number of amides is 4. The van der Waals surface area contributed by atoms with Gasteiger partial charge in [-0.1, -0.05) is 112 Å². The lowest BCUT2D eigenvalue weighted by molar-refractivity contribution is -0.136. The van der Waals surface area contributed by atoms with Gasteiger partial charge in [0.15, 0.2) is 22.4 Å². The number of ketones is 2. The molecule has 0 radical (unpaired) electrons. The van der Waals surface area contributed by atoms with Crippen molar-refractivity contribution in [2.45, 2.75) is 208 Å². The fourth-order valence-electron chi connectivity index (χ4n) is 8.59. The summed E-state index contributed by atoms with van der Waals surface area (Å²) in [6, 6.07) is 0. The molecule has 0 aliphatic carbocycles. The summed E-state index contributed by atoms with van der Waals surface area (Å²) in [7, 11) is -0.825. The Morgan fingerprint density at radius 2 is 1.06 bits per heavy atom. The van der Waals surface area contributed by atoms with Crippen LogP contribution < -0.4 is 10.6 Å². The van der Waals surface area contributed by atoms with Gasteiger partial charge in [0.05, 0.1) is 18.3 Å². The van der Waals surface area contributed by atoms with E-state index in [9.17, 15) is 33.9 Å². The molecule has 15 heteroatoms. The predicted molar refractivity (Wildman–Crippen MR) is 295 cm³/mol. The maximum Gasteiger partial charge on any atom is 0.226 e. The average molecular weight is 1040 g/mol. The van der Waals surface area contributed by atoms with Crippen LogP contribution in [-0.2, 0) is 47.1 Å². The van der Waals surface area contributed by atoms with Crippen LogP contribution in [-0.4, -0.2) is 102 Å². The molecule has 3 N–H and O–H groups in total. The molecule has 0 aromatic heterocycles. The Morgan fingerprint density at radius 3 is 1.43 bits per heavy atom. The molecule has 2 heterocycles. The Labute approximate surface area is 437 Å². The van der Waals surface area contributed by atoms with Gasteiger partial charge >= 0.3 is 0 Å². The highest BCUT2D eigenvalue weighted by Crippen LogP contribution is 2.41. The predicted octanol–water partition coefficient (Wildman–Crippen LogP) is 10.9. The lowest BCUT2D eigenvalue weighted by atomic mass is 9.83. The zero-order chi connectivity index (χ0) is 55.7. The summed E-state index contributed by atoms with van der Waals surface area (Å²) in [4.78, 5) is 71.8. The molecule has 72 heavy (non-hydrogen) atoms. The smallest absolute Gasteiger partial charge is 0.226 e. The first-order valence-corrected chi connectivity index (χ1v) is 32.0. The van der Waals surface area contributed by atoms with Crippen LogP contribution in [0.5, 0.6) is 0 Å². The van der Waals surface area contributed by atoms with Gasteiger partial charge in [-0.2, -0.15) is 0 Å². The molecule has 2 fully saturated rings. The van der Waals surface area contributed by atoms with Crippen LogP contribution in [0.15, 0.2) is 60.8 Å². The molecule has 4 amide bonds. The number of nitrogens with one attached hydrogen (secondary N) is 2. The van der Waals surface area contributed by atoms with Crippen molar-refractivity contribution in [2.75, 3.05) is 14.2 Å². The van der Waals surface area contributed by atoms with Gasteiger partial charge in [-0.3, -0.25) is 39.4 Å². The van der Waals surface area contributed by atoms with Crippen LogP contribution in [0.1, 0.15) is 141 Å². The number of aliphatic hydroxyl groups excluding tert-OH is 1. The number of hydrogen-bond donors (Lipinski definition) is 3. The van der Waals surface area contributed by atoms with E-state index >= 15 is 0 Å². The number of ether oxygens (including phenoxy) is 2. The molecule has 0 aromatic carbocycles. The van der Waals surface area contributed by atoms with Gasteiger partial charge < -0.3 is 23.4 Å². The molecule has 0 bridgehead atoms. The Bertz CT molecular complexity index is 1910. The zero-order valence-electron chi connectivity index (χ0n) is 48.0. The molecule has 0 saturated carbocycles. The van der Waals surface area contributed by atoms with E-state index in [-0.39, 0.29) is 105 Å². The van der Waals surface area contributed by atoms with Crippen LogP contribution >= 0.6 is 0 Å². The third-order valence-corrected chi connectivity index (χ3v) is 24.8. The van der Waals surface area contributed by atoms with Crippen molar-refractivity contribution in [3.8, 4) is 0 Å². The first kappa shape index (κ1) is 66.6. The number of rotatable bonds is 27. The lowest BCUT2D eigenvalue weighted by Gasteiger charge is -2.42. The molecule has 13 nitrogen and oxygen atoms in total. The lowest BCUT2D eigenvalue weighted by Crippen LogP contribution is -2.49. The summed E-state index contributed by atoms with van der Waals surface area (Å²) >= 11 is 0. The molecule has 2 saturated heterocycles. The number of methoxy groups -OCH3 is 2. The standard InChI is InChI=1S/C29H49NO5Si.C28H49NO6Si/c1-12-25(34-9)28(35-36(10,11)29(6,7)8)20(3)16-19(2)21(4)22(5)24(31)15-13-14-23-17-26(32)30-27(33)18-23;1-11-23(34-8)27(35-36(9,10)28(5,6)7)19(3)15-18(2)26(33)20(4)22(30)14-12-13-21-16-24(31)29-25(32)17-21/h12-13,15-16,20-23,25,28H,1,14,17-18H2,2-11H3,(H,30,32,33);11,15,19-21,23,26-27,33H,1,12-14,16-17H2,2-10H3,(H,29,31,32)/b15-13+,19-16-;18-15-/t20-,21+,22?,25+,28+;19-,20?,23+,26+,27+/m11/s1. The maximum atomic E-state index is 12.9. The normalized spacial score (nSPS) is 20.4. The van der Waals surface area contributed by atoms with Crippen molar-refractivity contribution in [2.24, 2.45) is 41.4 Å². The fourth-order valence-corrected chi connectivity index (χ4v) is 11.4. The van der Waals surface area contributed by atoms with Crippen molar-refractivity contribution >= 4 is 51.8 Å². The van der Waals surface area contributed by atoms with E-state index in [0.29, 0.717) is 51.4 Å². The van der Waals surface area contributed by atoms with Crippen molar-refractivity contribution < 1.29 is 52.2 Å². The van der Waals surface area contributed by atoms with E-state index in [4.69, 9.17) is 18.3 Å². The highest BCUT2D eigenvalue weighted by molar-refractivity contribution is 6.74. The number of piperidine rings is 2. The van der Waals surface area contributed by atoms with E-state index in [1.807, 2.05) is 26.8 Å². The number of hydrogen-bond acceptors (Lipinski definition) is 11. The summed E-state index contributed by atoms with van der Waals surface area (Å²) in [6.45, 7) is 43.9. The number of imide groups is 2. The fraction of sp³-hybridized carbons (Fsp3) is 0.719. The summed E-state index contributed by atoms with van der Waals surface area (Å²) in [5, 5.41) is 15.7. The summed E-state index contributed by atoms with van der Waals surface area (Å²) in [5.41, 5.74) is 1.86. The van der Waals surface area contributed by atoms with E-state index in [1.165, 1.54) is 0 Å². The minimum Gasteiger partial charge on any atom is -0.410 e. The third kappa shape index (κ3) is 21.1. The van der Waals surface area contributed by atoms with E-state index in [2.05, 4.69) is 118 Å². The summed E-state index contributed by atoms with van der Waals surface area (Å²) < 4.78 is 24.9. The highest BCUT2D eigenvalue weighted by atomic mass is 28.4. The Kier molecular flexibility index (Phi) is 27.4. The van der Waals surface area contributed by atoms with Gasteiger partial charge in [0.2, 0.25) is 23.6 Å². The minimum atomic E-state index is -2.10. The van der Waals surface area contributed by atoms with E-state index < -0.39 is 28.7 Å². The van der Waals surface area contributed by atoms with Crippen LogP contribution in [0.3, 0.4) is 0 Å². The molecule has 2 aliphatic heterocycles. The SMILES string of the molecule is C=C[C@H](OC)[C@@H](O[Si](C)(C)C(C)(C)C)[C@H](C)/C=C(/C)[C@H](C)C(C)C(=O)/C=C/CC1CC(=O)NC(=O)C1.C=C[C@H](OC)[C@@H](O[Si](C)(C)C(C)(C)C)[C@H](C)/C=C(/C)[C@H](O)C(C)C(=O)CCCC1CC(=O)NC(=O)C1. The Morgan fingerprint density at radius 1 is 0.667 bits per heavy atom. The van der Waals surface area contributed by atoms with Crippen molar-refractivity contribution in [3.05, 3.63) is 60.8 Å². The summed E-state index contributed by atoms with van der Waals surface area (Å²) in [6.07, 6.45) is 12.7. The molecule has 0 aromatic rings. The average Bonchev–Trinajstić information content (AvgIpc) is 3.26.